The van der Waals surface area contributed by atoms with Gasteiger partial charge >= 0.3 is 0 Å². The topological polar surface area (TPSA) is 61.0 Å². The second-order valence-electron chi connectivity index (χ2n) is 4.03. The molecule has 3 aromatic rings. The van der Waals surface area contributed by atoms with E-state index in [0.29, 0.717) is 22.5 Å². The van der Waals surface area contributed by atoms with Crippen molar-refractivity contribution < 1.29 is 4.74 Å². The fourth-order valence-electron chi connectivity index (χ4n) is 1.73. The normalized spacial score (nSPS) is 10.6. The lowest BCUT2D eigenvalue weighted by atomic mass is 10.2. The van der Waals surface area contributed by atoms with E-state index in [9.17, 15) is 0 Å². The highest BCUT2D eigenvalue weighted by Crippen LogP contribution is 2.28. The Morgan fingerprint density at radius 1 is 1.00 bits per heavy atom. The molecule has 0 saturated heterocycles. The Kier molecular flexibility index (Phi) is 2.93. The van der Waals surface area contributed by atoms with Gasteiger partial charge in [-0.15, -0.1) is 0 Å². The fraction of sp³-hybridized carbons (Fsp3) is 0. The molecule has 0 amide bonds. The minimum Gasteiger partial charge on any atom is -0.419 e. The van der Waals surface area contributed by atoms with Gasteiger partial charge in [0.15, 0.2) is 0 Å². The van der Waals surface area contributed by atoms with Gasteiger partial charge < -0.3 is 10.5 Å². The molecule has 2 heterocycles. The van der Waals surface area contributed by atoms with Gasteiger partial charge in [0, 0.05) is 17.6 Å². The van der Waals surface area contributed by atoms with Crippen molar-refractivity contribution in [3.8, 4) is 11.8 Å². The number of anilines is 1. The lowest BCUT2D eigenvalue weighted by molar-refractivity contribution is 0.446. The molecule has 3 rings (SSSR count). The average molecular weight is 272 g/mol. The molecule has 0 spiro atoms. The maximum atomic E-state index is 6.00. The van der Waals surface area contributed by atoms with Crippen LogP contribution in [0.3, 0.4) is 0 Å². The molecule has 0 bridgehead atoms. The standard InChI is InChI=1S/C14H10ClN3O/c15-12-6-11(16)8-18-14(12)19-13-5-9-3-1-2-4-10(9)7-17-13/h1-8H,16H2. The number of hydrogen-bond acceptors (Lipinski definition) is 4. The highest BCUT2D eigenvalue weighted by molar-refractivity contribution is 6.32. The van der Waals surface area contributed by atoms with Gasteiger partial charge in [0.25, 0.3) is 0 Å². The number of halogens is 1. The molecule has 2 N–H and O–H groups in total. The first-order valence-electron chi connectivity index (χ1n) is 5.66. The van der Waals surface area contributed by atoms with Crippen LogP contribution in [0, 0.1) is 0 Å². The molecular weight excluding hydrogens is 262 g/mol. The number of fused-ring (bicyclic) bond motifs is 1. The highest BCUT2D eigenvalue weighted by atomic mass is 35.5. The maximum absolute atomic E-state index is 6.00. The Bertz CT molecular complexity index is 746. The smallest absolute Gasteiger partial charge is 0.240 e. The minimum absolute atomic E-state index is 0.290. The summed E-state index contributed by atoms with van der Waals surface area (Å²) in [6.07, 6.45) is 3.23. The Morgan fingerprint density at radius 3 is 2.58 bits per heavy atom. The van der Waals surface area contributed by atoms with Crippen LogP contribution in [-0.2, 0) is 0 Å². The third-order valence-corrected chi connectivity index (χ3v) is 2.91. The number of nitrogens with zero attached hydrogens (tertiary/aromatic N) is 2. The summed E-state index contributed by atoms with van der Waals surface area (Å²) in [6, 6.07) is 11.3. The van der Waals surface area contributed by atoms with Crippen LogP contribution >= 0.6 is 11.6 Å². The van der Waals surface area contributed by atoms with Crippen LogP contribution < -0.4 is 10.5 Å². The van der Waals surface area contributed by atoms with E-state index in [0.717, 1.165) is 10.8 Å². The molecule has 5 heteroatoms. The molecule has 2 aromatic heterocycles. The Hall–Kier alpha value is -2.33. The molecule has 0 aliphatic rings. The number of aromatic nitrogens is 2. The molecule has 0 saturated carbocycles. The van der Waals surface area contributed by atoms with Crippen LogP contribution in [0.5, 0.6) is 11.8 Å². The molecule has 0 fully saturated rings. The number of ether oxygens (including phenoxy) is 1. The number of benzene rings is 1. The molecule has 1 aromatic carbocycles. The zero-order chi connectivity index (χ0) is 13.2. The fourth-order valence-corrected chi connectivity index (χ4v) is 1.95. The summed E-state index contributed by atoms with van der Waals surface area (Å²) in [6.45, 7) is 0. The average Bonchev–Trinajstić information content (AvgIpc) is 2.42. The van der Waals surface area contributed by atoms with Crippen molar-refractivity contribution in [3.05, 3.63) is 53.8 Å². The van der Waals surface area contributed by atoms with Crippen LogP contribution in [0.25, 0.3) is 10.8 Å². The van der Waals surface area contributed by atoms with Gasteiger partial charge in [0.1, 0.15) is 5.02 Å². The van der Waals surface area contributed by atoms with E-state index in [-0.39, 0.29) is 0 Å². The summed E-state index contributed by atoms with van der Waals surface area (Å²) in [4.78, 5) is 8.25. The van der Waals surface area contributed by atoms with Gasteiger partial charge in [0.05, 0.1) is 11.9 Å². The van der Waals surface area contributed by atoms with Crippen LogP contribution in [0.15, 0.2) is 48.8 Å². The SMILES string of the molecule is Nc1cnc(Oc2cc3ccccc3cn2)c(Cl)c1. The van der Waals surface area contributed by atoms with Crippen molar-refractivity contribution in [1.29, 1.82) is 0 Å². The minimum atomic E-state index is 0.290. The van der Waals surface area contributed by atoms with Crippen LogP contribution in [0.1, 0.15) is 0 Å². The van der Waals surface area contributed by atoms with Crippen LogP contribution in [0.4, 0.5) is 5.69 Å². The van der Waals surface area contributed by atoms with Gasteiger partial charge in [-0.2, -0.15) is 0 Å². The van der Waals surface area contributed by atoms with Crippen molar-refractivity contribution in [2.45, 2.75) is 0 Å². The van der Waals surface area contributed by atoms with E-state index in [1.807, 2.05) is 30.3 Å². The third-order valence-electron chi connectivity index (χ3n) is 2.64. The quantitative estimate of drug-likeness (QED) is 0.773. The predicted molar refractivity (Wildman–Crippen MR) is 75.5 cm³/mol. The third kappa shape index (κ3) is 2.44. The maximum Gasteiger partial charge on any atom is 0.240 e. The summed E-state index contributed by atoms with van der Waals surface area (Å²) >= 11 is 6.00. The molecule has 4 nitrogen and oxygen atoms in total. The summed E-state index contributed by atoms with van der Waals surface area (Å²) in [5.41, 5.74) is 6.07. The van der Waals surface area contributed by atoms with Crippen molar-refractivity contribution in [2.24, 2.45) is 0 Å². The Balaban J connectivity index is 1.96. The summed E-state index contributed by atoms with van der Waals surface area (Å²) in [5, 5.41) is 2.44. The van der Waals surface area contributed by atoms with Gasteiger partial charge in [0.2, 0.25) is 11.8 Å². The summed E-state index contributed by atoms with van der Waals surface area (Å²) in [5.74, 6) is 0.733. The number of nitrogens with two attached hydrogens (primary N) is 1. The van der Waals surface area contributed by atoms with Crippen molar-refractivity contribution in [1.82, 2.24) is 9.97 Å². The monoisotopic (exact) mass is 271 g/mol. The van der Waals surface area contributed by atoms with Gasteiger partial charge in [-0.05, 0) is 11.5 Å². The first kappa shape index (κ1) is 11.7. The van der Waals surface area contributed by atoms with Crippen LogP contribution in [0.2, 0.25) is 5.02 Å². The van der Waals surface area contributed by atoms with E-state index in [4.69, 9.17) is 22.1 Å². The molecule has 0 aliphatic heterocycles. The molecule has 0 aliphatic carbocycles. The number of pyridine rings is 2. The zero-order valence-corrected chi connectivity index (χ0v) is 10.6. The molecule has 0 radical (unpaired) electrons. The predicted octanol–water partition coefficient (Wildman–Crippen LogP) is 3.66. The van der Waals surface area contributed by atoms with Crippen LogP contribution in [-0.4, -0.2) is 9.97 Å². The molecule has 94 valence electrons. The van der Waals surface area contributed by atoms with E-state index >= 15 is 0 Å². The largest absolute Gasteiger partial charge is 0.419 e. The van der Waals surface area contributed by atoms with E-state index in [1.54, 1.807) is 12.3 Å². The first-order chi connectivity index (χ1) is 9.22. The Labute approximate surface area is 114 Å². The molecular formula is C14H10ClN3O. The Morgan fingerprint density at radius 2 is 1.79 bits per heavy atom. The van der Waals surface area contributed by atoms with E-state index < -0.39 is 0 Å². The van der Waals surface area contributed by atoms with Crippen molar-refractivity contribution in [2.75, 3.05) is 5.73 Å². The van der Waals surface area contributed by atoms with Gasteiger partial charge in [-0.3, -0.25) is 0 Å². The molecule has 0 unspecified atom stereocenters. The lowest BCUT2D eigenvalue weighted by Gasteiger charge is -2.06. The second-order valence-corrected chi connectivity index (χ2v) is 4.43. The van der Waals surface area contributed by atoms with Crippen molar-refractivity contribution >= 4 is 28.1 Å². The molecule has 0 atom stereocenters. The second kappa shape index (κ2) is 4.74. The van der Waals surface area contributed by atoms with E-state index in [2.05, 4.69) is 9.97 Å². The highest BCUT2D eigenvalue weighted by Gasteiger charge is 2.06. The van der Waals surface area contributed by atoms with Crippen molar-refractivity contribution in [3.63, 3.8) is 0 Å². The number of hydrogen-bond donors (Lipinski definition) is 1. The number of nitrogen functional groups attached to an aromatic ring is 1. The lowest BCUT2D eigenvalue weighted by Crippen LogP contribution is -1.93. The van der Waals surface area contributed by atoms with Gasteiger partial charge in [-0.25, -0.2) is 9.97 Å². The number of rotatable bonds is 2. The van der Waals surface area contributed by atoms with Gasteiger partial charge in [-0.1, -0.05) is 35.9 Å². The first-order valence-corrected chi connectivity index (χ1v) is 6.04. The zero-order valence-electron chi connectivity index (χ0n) is 9.88. The summed E-state index contributed by atoms with van der Waals surface area (Å²) < 4.78 is 5.56. The van der Waals surface area contributed by atoms with E-state index in [1.165, 1.54) is 6.20 Å². The molecule has 19 heavy (non-hydrogen) atoms. The summed E-state index contributed by atoms with van der Waals surface area (Å²) in [7, 11) is 0.